The van der Waals surface area contributed by atoms with E-state index in [4.69, 9.17) is 0 Å². The third-order valence-electron chi connectivity index (χ3n) is 8.77. The summed E-state index contributed by atoms with van der Waals surface area (Å²) in [5.74, 6) is 0.140. The highest BCUT2D eigenvalue weighted by atomic mass is 35.5. The van der Waals surface area contributed by atoms with E-state index in [0.29, 0.717) is 25.2 Å². The van der Waals surface area contributed by atoms with Crippen LogP contribution in [0.25, 0.3) is 10.9 Å². The molecule has 226 valence electrons. The number of amides is 2. The Kier molecular flexibility index (Phi) is 10.1. The summed E-state index contributed by atoms with van der Waals surface area (Å²) in [4.78, 5) is 30.7. The molecule has 0 aliphatic carbocycles. The quantitative estimate of drug-likeness (QED) is 0.214. The fourth-order valence-electron chi connectivity index (χ4n) is 6.68. The number of benzene rings is 3. The largest absolute Gasteiger partial charge is 0.508 e. The van der Waals surface area contributed by atoms with Gasteiger partial charge in [0.25, 0.3) is 5.91 Å². The summed E-state index contributed by atoms with van der Waals surface area (Å²) in [5.41, 5.74) is 4.83. The highest BCUT2D eigenvalue weighted by Gasteiger charge is 2.30. The maximum absolute atomic E-state index is 14.3. The van der Waals surface area contributed by atoms with Crippen molar-refractivity contribution in [3.05, 3.63) is 101 Å². The number of carbonyl (C=O) groups is 2. The average molecular weight is 601 g/mol. The molecule has 2 saturated heterocycles. The number of aromatic nitrogens is 1. The summed E-state index contributed by atoms with van der Waals surface area (Å²) < 4.78 is 2.22. The molecule has 1 aromatic heterocycles. The molecule has 1 atom stereocenters. The van der Waals surface area contributed by atoms with Crippen LogP contribution in [-0.2, 0) is 11.3 Å². The van der Waals surface area contributed by atoms with E-state index in [1.54, 1.807) is 12.1 Å². The van der Waals surface area contributed by atoms with Gasteiger partial charge in [0.1, 0.15) is 11.4 Å². The summed E-state index contributed by atoms with van der Waals surface area (Å²) in [7, 11) is 0. The first-order valence-corrected chi connectivity index (χ1v) is 15.3. The smallest absolute Gasteiger partial charge is 0.268 e. The van der Waals surface area contributed by atoms with Crippen LogP contribution in [0.5, 0.6) is 5.75 Å². The number of phenols is 1. The fraction of sp³-hybridized carbons (Fsp3) is 0.371. The molecule has 3 heterocycles. The molecule has 0 spiro atoms. The van der Waals surface area contributed by atoms with E-state index >= 15 is 0 Å². The number of rotatable bonds is 11. The maximum atomic E-state index is 14.3. The molecule has 4 aromatic rings. The van der Waals surface area contributed by atoms with Crippen molar-refractivity contribution in [2.75, 3.05) is 39.3 Å². The van der Waals surface area contributed by atoms with Crippen molar-refractivity contribution < 1.29 is 14.7 Å². The SMILES string of the molecule is Cl.O=C(NCCCN1CCCC1=O)c1c(C(c2ccccc2)c2ccc(O)cc2)c2ccccc2n1CCN1CCCC1. The van der Waals surface area contributed by atoms with Crippen LogP contribution in [0.4, 0.5) is 0 Å². The first-order chi connectivity index (χ1) is 20.6. The summed E-state index contributed by atoms with van der Waals surface area (Å²) in [6.45, 7) is 5.81. The Bertz CT molecular complexity index is 1530. The first kappa shape index (κ1) is 30.6. The van der Waals surface area contributed by atoms with Crippen molar-refractivity contribution in [1.29, 1.82) is 0 Å². The Morgan fingerprint density at radius 1 is 0.814 bits per heavy atom. The lowest BCUT2D eigenvalue weighted by atomic mass is 9.83. The Hall–Kier alpha value is -3.81. The molecule has 2 aliphatic rings. The van der Waals surface area contributed by atoms with Crippen LogP contribution in [0.15, 0.2) is 78.9 Å². The lowest BCUT2D eigenvalue weighted by molar-refractivity contribution is -0.127. The monoisotopic (exact) mass is 600 g/mol. The summed E-state index contributed by atoms with van der Waals surface area (Å²) in [6, 6.07) is 26.0. The second-order valence-corrected chi connectivity index (χ2v) is 11.5. The number of nitrogens with one attached hydrogen (secondary N) is 1. The number of para-hydroxylation sites is 1. The molecule has 6 rings (SSSR count). The van der Waals surface area contributed by atoms with Gasteiger partial charge in [-0.25, -0.2) is 0 Å². The average Bonchev–Trinajstić information content (AvgIpc) is 3.76. The topological polar surface area (TPSA) is 77.8 Å². The van der Waals surface area contributed by atoms with Crippen molar-refractivity contribution in [3.63, 3.8) is 0 Å². The standard InChI is InChI=1S/C35H40N4O3.ClH/c40-28-17-15-27(16-18-28)32(26-10-2-1-3-11-26)33-29-12-4-5-13-30(29)39(25-24-37-20-6-7-21-37)34(33)35(42)36-19-9-23-38-22-8-14-31(38)41;/h1-5,10-13,15-18,32,40H,6-9,14,19-25H2,(H,36,42);1H. The molecule has 2 aliphatic heterocycles. The number of nitrogens with zero attached hydrogens (tertiary/aromatic N) is 3. The number of phenolic OH excluding ortho intramolecular Hbond substituents is 1. The van der Waals surface area contributed by atoms with Crippen molar-refractivity contribution in [1.82, 2.24) is 19.7 Å². The zero-order valence-electron chi connectivity index (χ0n) is 24.6. The van der Waals surface area contributed by atoms with Gasteiger partial charge in [-0.1, -0.05) is 60.7 Å². The molecule has 0 radical (unpaired) electrons. The fourth-order valence-corrected chi connectivity index (χ4v) is 6.68. The molecular weight excluding hydrogens is 560 g/mol. The molecule has 7 nitrogen and oxygen atoms in total. The predicted octanol–water partition coefficient (Wildman–Crippen LogP) is 5.79. The van der Waals surface area contributed by atoms with E-state index in [1.807, 2.05) is 47.4 Å². The van der Waals surface area contributed by atoms with Crippen LogP contribution < -0.4 is 5.32 Å². The van der Waals surface area contributed by atoms with Gasteiger partial charge in [-0.2, -0.15) is 0 Å². The number of hydrogen-bond acceptors (Lipinski definition) is 4. The third kappa shape index (κ3) is 6.73. The minimum atomic E-state index is -0.201. The zero-order valence-corrected chi connectivity index (χ0v) is 25.4. The van der Waals surface area contributed by atoms with Crippen LogP contribution in [0, 0.1) is 0 Å². The van der Waals surface area contributed by atoms with Gasteiger partial charge in [0, 0.05) is 61.5 Å². The number of carbonyl (C=O) groups excluding carboxylic acids is 2. The number of aromatic hydroxyl groups is 1. The van der Waals surface area contributed by atoms with E-state index in [1.165, 1.54) is 12.8 Å². The van der Waals surface area contributed by atoms with E-state index in [-0.39, 0.29) is 35.9 Å². The molecular formula is C35H41ClN4O3. The summed E-state index contributed by atoms with van der Waals surface area (Å²) in [6.07, 6.45) is 4.72. The van der Waals surface area contributed by atoms with E-state index in [2.05, 4.69) is 39.0 Å². The number of fused-ring (bicyclic) bond motifs is 1. The molecule has 2 fully saturated rings. The van der Waals surface area contributed by atoms with Crippen LogP contribution in [0.2, 0.25) is 0 Å². The Morgan fingerprint density at radius 2 is 1.51 bits per heavy atom. The van der Waals surface area contributed by atoms with E-state index in [0.717, 1.165) is 73.2 Å². The number of halogens is 1. The van der Waals surface area contributed by atoms with Gasteiger partial charge < -0.3 is 24.8 Å². The van der Waals surface area contributed by atoms with Gasteiger partial charge in [-0.3, -0.25) is 9.59 Å². The Morgan fingerprint density at radius 3 is 2.23 bits per heavy atom. The number of hydrogen-bond donors (Lipinski definition) is 2. The van der Waals surface area contributed by atoms with Crippen LogP contribution in [-0.4, -0.2) is 70.6 Å². The van der Waals surface area contributed by atoms with Crippen molar-refractivity contribution in [2.45, 2.75) is 44.6 Å². The first-order valence-electron chi connectivity index (χ1n) is 15.3. The maximum Gasteiger partial charge on any atom is 0.268 e. The van der Waals surface area contributed by atoms with Crippen molar-refractivity contribution in [3.8, 4) is 5.75 Å². The molecule has 0 saturated carbocycles. The van der Waals surface area contributed by atoms with Crippen LogP contribution >= 0.6 is 12.4 Å². The minimum Gasteiger partial charge on any atom is -0.508 e. The second-order valence-electron chi connectivity index (χ2n) is 11.5. The van der Waals surface area contributed by atoms with Gasteiger partial charge in [-0.05, 0) is 68.1 Å². The van der Waals surface area contributed by atoms with Gasteiger partial charge in [0.2, 0.25) is 5.91 Å². The molecule has 43 heavy (non-hydrogen) atoms. The van der Waals surface area contributed by atoms with Crippen LogP contribution in [0.1, 0.15) is 65.2 Å². The van der Waals surface area contributed by atoms with Crippen molar-refractivity contribution >= 4 is 35.1 Å². The molecule has 3 aromatic carbocycles. The van der Waals surface area contributed by atoms with Crippen LogP contribution in [0.3, 0.4) is 0 Å². The van der Waals surface area contributed by atoms with Gasteiger partial charge in [-0.15, -0.1) is 12.4 Å². The highest BCUT2D eigenvalue weighted by Crippen LogP contribution is 2.40. The molecule has 2 amide bonds. The van der Waals surface area contributed by atoms with Gasteiger partial charge in [0.05, 0.1) is 0 Å². The van der Waals surface area contributed by atoms with Gasteiger partial charge in [0.15, 0.2) is 0 Å². The number of likely N-dealkylation sites (tertiary alicyclic amines) is 2. The second kappa shape index (κ2) is 14.1. The van der Waals surface area contributed by atoms with E-state index < -0.39 is 0 Å². The highest BCUT2D eigenvalue weighted by molar-refractivity contribution is 6.03. The van der Waals surface area contributed by atoms with Crippen molar-refractivity contribution in [2.24, 2.45) is 0 Å². The lowest BCUT2D eigenvalue weighted by Gasteiger charge is -2.22. The normalized spacial score (nSPS) is 16.0. The Labute approximate surface area is 259 Å². The third-order valence-corrected chi connectivity index (χ3v) is 8.77. The Balaban J connectivity index is 0.00000368. The molecule has 8 heteroatoms. The minimum absolute atomic E-state index is 0. The molecule has 1 unspecified atom stereocenters. The molecule has 0 bridgehead atoms. The lowest BCUT2D eigenvalue weighted by Crippen LogP contribution is -2.33. The summed E-state index contributed by atoms with van der Waals surface area (Å²) >= 11 is 0. The van der Waals surface area contributed by atoms with E-state index in [9.17, 15) is 14.7 Å². The van der Waals surface area contributed by atoms with Gasteiger partial charge >= 0.3 is 0 Å². The predicted molar refractivity (Wildman–Crippen MR) is 173 cm³/mol. The summed E-state index contributed by atoms with van der Waals surface area (Å²) in [5, 5.41) is 14.4. The molecule has 2 N–H and O–H groups in total. The zero-order chi connectivity index (χ0) is 28.9.